The molecule has 0 unspecified atom stereocenters. The summed E-state index contributed by atoms with van der Waals surface area (Å²) < 4.78 is 38.2. The van der Waals surface area contributed by atoms with E-state index in [0.717, 1.165) is 0 Å². The first-order valence-electron chi connectivity index (χ1n) is 4.26. The summed E-state index contributed by atoms with van der Waals surface area (Å²) in [6.07, 6.45) is -3.04. The summed E-state index contributed by atoms with van der Waals surface area (Å²) in [4.78, 5) is 0. The van der Waals surface area contributed by atoms with E-state index in [1.54, 1.807) is 12.1 Å². The quantitative estimate of drug-likeness (QED) is 0.756. The number of alkyl halides is 3. The maximum absolute atomic E-state index is 11.5. The molecule has 0 aliphatic carbocycles. The highest BCUT2D eigenvalue weighted by Crippen LogP contribution is 2.15. The zero-order valence-corrected chi connectivity index (χ0v) is 7.79. The molecule has 0 aliphatic heterocycles. The molecule has 1 aromatic heterocycles. The lowest BCUT2D eigenvalue weighted by Crippen LogP contribution is -2.24. The molecule has 0 radical (unpaired) electrons. The molecule has 7 heteroatoms. The monoisotopic (exact) mass is 221 g/mol. The van der Waals surface area contributed by atoms with Gasteiger partial charge in [-0.25, -0.2) is 0 Å². The zero-order valence-electron chi connectivity index (χ0n) is 7.79. The first-order valence-corrected chi connectivity index (χ1v) is 4.26. The number of aromatic nitrogens is 2. The van der Waals surface area contributed by atoms with Gasteiger partial charge in [0.15, 0.2) is 0 Å². The van der Waals surface area contributed by atoms with Crippen molar-refractivity contribution in [2.24, 2.45) is 0 Å². The molecule has 15 heavy (non-hydrogen) atoms. The lowest BCUT2D eigenvalue weighted by molar-refractivity contribution is -0.323. The maximum atomic E-state index is 11.5. The van der Waals surface area contributed by atoms with Crippen molar-refractivity contribution < 1.29 is 17.9 Å². The Bertz CT molecular complexity index is 278. The molecule has 1 N–H and O–H groups in total. The van der Waals surface area contributed by atoms with E-state index in [4.69, 9.17) is 0 Å². The Labute approximate surface area is 84.5 Å². The Hall–Kier alpha value is -1.21. The average molecular weight is 221 g/mol. The van der Waals surface area contributed by atoms with E-state index in [-0.39, 0.29) is 6.54 Å². The molecule has 0 fully saturated rings. The Morgan fingerprint density at radius 1 is 1.40 bits per heavy atom. The van der Waals surface area contributed by atoms with Crippen molar-refractivity contribution in [3.63, 3.8) is 0 Å². The Kier molecular flexibility index (Phi) is 4.44. The van der Waals surface area contributed by atoms with Crippen LogP contribution >= 0.6 is 0 Å². The Morgan fingerprint density at radius 3 is 2.80 bits per heavy atom. The topological polar surface area (TPSA) is 47.0 Å². The summed E-state index contributed by atoms with van der Waals surface area (Å²) in [6.45, 7) is 0.0644. The van der Waals surface area contributed by atoms with Gasteiger partial charge in [-0.15, -0.1) is 13.2 Å². The molecule has 0 atom stereocenters. The number of nitrogens with one attached hydrogen (secondary N) is 1. The van der Waals surface area contributed by atoms with Crippen LogP contribution in [-0.4, -0.2) is 29.7 Å². The molecular weight excluding hydrogens is 211 g/mol. The summed E-state index contributed by atoms with van der Waals surface area (Å²) in [5, 5.41) is 10.1. The van der Waals surface area contributed by atoms with Gasteiger partial charge in [-0.05, 0) is 12.1 Å². The lowest BCUT2D eigenvalue weighted by Gasteiger charge is -2.07. The van der Waals surface area contributed by atoms with E-state index >= 15 is 0 Å². The van der Waals surface area contributed by atoms with Crippen LogP contribution < -0.4 is 5.32 Å². The van der Waals surface area contributed by atoms with Gasteiger partial charge in [-0.2, -0.15) is 10.2 Å². The SMILES string of the molecule is FC(F)(F)OCCNCc1cccnn1. The molecule has 0 aromatic carbocycles. The van der Waals surface area contributed by atoms with Crippen LogP contribution in [0.15, 0.2) is 18.3 Å². The highest BCUT2D eigenvalue weighted by atomic mass is 19.4. The molecule has 4 nitrogen and oxygen atoms in total. The number of hydrogen-bond donors (Lipinski definition) is 1. The number of nitrogens with zero attached hydrogens (tertiary/aromatic N) is 2. The number of hydrogen-bond acceptors (Lipinski definition) is 4. The third kappa shape index (κ3) is 5.97. The molecule has 0 bridgehead atoms. The molecule has 1 rings (SSSR count). The number of ether oxygens (including phenoxy) is 1. The van der Waals surface area contributed by atoms with Gasteiger partial charge in [0.25, 0.3) is 0 Å². The fraction of sp³-hybridized carbons (Fsp3) is 0.500. The minimum atomic E-state index is -4.56. The van der Waals surface area contributed by atoms with E-state index in [1.165, 1.54) is 6.20 Å². The molecule has 0 saturated heterocycles. The third-order valence-corrected chi connectivity index (χ3v) is 1.48. The second-order valence-corrected chi connectivity index (χ2v) is 2.69. The van der Waals surface area contributed by atoms with Gasteiger partial charge in [-0.3, -0.25) is 4.74 Å². The van der Waals surface area contributed by atoms with Crippen LogP contribution in [-0.2, 0) is 11.3 Å². The first-order chi connectivity index (χ1) is 7.08. The van der Waals surface area contributed by atoms with Crippen molar-refractivity contribution in [2.75, 3.05) is 13.2 Å². The van der Waals surface area contributed by atoms with Crippen LogP contribution in [0.2, 0.25) is 0 Å². The Morgan fingerprint density at radius 2 is 2.20 bits per heavy atom. The van der Waals surface area contributed by atoms with Crippen LogP contribution in [0.25, 0.3) is 0 Å². The second kappa shape index (κ2) is 5.62. The highest BCUT2D eigenvalue weighted by molar-refractivity contribution is 4.98. The van der Waals surface area contributed by atoms with E-state index in [2.05, 4.69) is 20.3 Å². The fourth-order valence-electron chi connectivity index (χ4n) is 0.883. The van der Waals surface area contributed by atoms with Crippen LogP contribution in [0, 0.1) is 0 Å². The van der Waals surface area contributed by atoms with Crippen LogP contribution in [0.4, 0.5) is 13.2 Å². The van der Waals surface area contributed by atoms with Gasteiger partial charge >= 0.3 is 6.36 Å². The predicted octanol–water partition coefficient (Wildman–Crippen LogP) is 1.10. The van der Waals surface area contributed by atoms with Gasteiger partial charge in [0.2, 0.25) is 0 Å². The van der Waals surface area contributed by atoms with Crippen molar-refractivity contribution >= 4 is 0 Å². The van der Waals surface area contributed by atoms with E-state index < -0.39 is 13.0 Å². The minimum Gasteiger partial charge on any atom is -0.309 e. The minimum absolute atomic E-state index is 0.107. The molecule has 84 valence electrons. The van der Waals surface area contributed by atoms with E-state index in [1.807, 2.05) is 0 Å². The molecule has 1 aromatic rings. The molecular formula is C8H10F3N3O. The van der Waals surface area contributed by atoms with Crippen molar-refractivity contribution in [3.8, 4) is 0 Å². The van der Waals surface area contributed by atoms with Crippen molar-refractivity contribution in [1.29, 1.82) is 0 Å². The zero-order chi connectivity index (χ0) is 11.1. The molecule has 1 heterocycles. The molecule has 0 spiro atoms. The molecule has 0 saturated carbocycles. The van der Waals surface area contributed by atoms with Gasteiger partial charge in [0, 0.05) is 19.3 Å². The van der Waals surface area contributed by atoms with E-state index in [0.29, 0.717) is 12.2 Å². The lowest BCUT2D eigenvalue weighted by atomic mass is 10.4. The van der Waals surface area contributed by atoms with Gasteiger partial charge in [0.1, 0.15) is 0 Å². The predicted molar refractivity (Wildman–Crippen MR) is 45.7 cm³/mol. The fourth-order valence-corrected chi connectivity index (χ4v) is 0.883. The van der Waals surface area contributed by atoms with Crippen molar-refractivity contribution in [1.82, 2.24) is 15.5 Å². The van der Waals surface area contributed by atoms with Crippen LogP contribution in [0.1, 0.15) is 5.69 Å². The van der Waals surface area contributed by atoms with E-state index in [9.17, 15) is 13.2 Å². The average Bonchev–Trinajstić information content (AvgIpc) is 2.17. The second-order valence-electron chi connectivity index (χ2n) is 2.69. The van der Waals surface area contributed by atoms with Gasteiger partial charge < -0.3 is 5.32 Å². The number of rotatable bonds is 5. The summed E-state index contributed by atoms with van der Waals surface area (Å²) in [7, 11) is 0. The normalized spacial score (nSPS) is 11.7. The largest absolute Gasteiger partial charge is 0.522 e. The molecule has 0 aliphatic rings. The summed E-state index contributed by atoms with van der Waals surface area (Å²) in [6, 6.07) is 3.43. The first kappa shape index (κ1) is 11.9. The summed E-state index contributed by atoms with van der Waals surface area (Å²) >= 11 is 0. The smallest absolute Gasteiger partial charge is 0.309 e. The van der Waals surface area contributed by atoms with Crippen LogP contribution in [0.5, 0.6) is 0 Å². The molecule has 0 amide bonds. The Balaban J connectivity index is 2.08. The van der Waals surface area contributed by atoms with Gasteiger partial charge in [0.05, 0.1) is 12.3 Å². The standard InChI is InChI=1S/C8H10F3N3O/c9-8(10,11)15-5-4-12-6-7-2-1-3-13-14-7/h1-3,12H,4-6H2. The number of halogens is 3. The summed E-state index contributed by atoms with van der Waals surface area (Å²) in [5.41, 5.74) is 0.671. The summed E-state index contributed by atoms with van der Waals surface area (Å²) in [5.74, 6) is 0. The van der Waals surface area contributed by atoms with Crippen molar-refractivity contribution in [3.05, 3.63) is 24.0 Å². The highest BCUT2D eigenvalue weighted by Gasteiger charge is 2.28. The maximum Gasteiger partial charge on any atom is 0.522 e. The third-order valence-electron chi connectivity index (χ3n) is 1.48. The van der Waals surface area contributed by atoms with Crippen LogP contribution in [0.3, 0.4) is 0 Å². The van der Waals surface area contributed by atoms with Gasteiger partial charge in [-0.1, -0.05) is 0 Å². The van der Waals surface area contributed by atoms with Crippen molar-refractivity contribution in [2.45, 2.75) is 12.9 Å².